The first-order valence-electron chi connectivity index (χ1n) is 6.74. The van der Waals surface area contributed by atoms with E-state index < -0.39 is 0 Å². The molecule has 0 bridgehead atoms. The highest BCUT2D eigenvalue weighted by Crippen LogP contribution is 2.20. The van der Waals surface area contributed by atoms with E-state index >= 15 is 0 Å². The molecule has 1 saturated heterocycles. The minimum absolute atomic E-state index is 0.152. The fourth-order valence-corrected chi connectivity index (χ4v) is 2.60. The Hall–Kier alpha value is -1.42. The highest BCUT2D eigenvalue weighted by atomic mass is 19.1. The predicted molar refractivity (Wildman–Crippen MR) is 73.1 cm³/mol. The molecular weight excluding hydrogens is 243 g/mol. The van der Waals surface area contributed by atoms with Gasteiger partial charge in [-0.3, -0.25) is 9.69 Å². The van der Waals surface area contributed by atoms with E-state index in [1.807, 2.05) is 6.07 Å². The summed E-state index contributed by atoms with van der Waals surface area (Å²) < 4.78 is 13.1. The van der Waals surface area contributed by atoms with E-state index in [4.69, 9.17) is 0 Å². The van der Waals surface area contributed by atoms with E-state index in [-0.39, 0.29) is 17.6 Å². The maximum absolute atomic E-state index is 13.1. The Morgan fingerprint density at radius 1 is 1.37 bits per heavy atom. The number of amides is 1. The van der Waals surface area contributed by atoms with Gasteiger partial charge < -0.3 is 4.90 Å². The number of piperidine rings is 1. The van der Waals surface area contributed by atoms with Gasteiger partial charge in [-0.2, -0.15) is 0 Å². The molecule has 0 spiro atoms. The van der Waals surface area contributed by atoms with Crippen molar-refractivity contribution in [2.24, 2.45) is 5.92 Å². The van der Waals surface area contributed by atoms with E-state index in [1.165, 1.54) is 6.07 Å². The summed E-state index contributed by atoms with van der Waals surface area (Å²) in [5.41, 5.74) is 0.998. The third-order valence-electron chi connectivity index (χ3n) is 3.67. The smallest absolute Gasteiger partial charge is 0.225 e. The Labute approximate surface area is 114 Å². The molecule has 0 aliphatic carbocycles. The van der Waals surface area contributed by atoms with Gasteiger partial charge in [-0.05, 0) is 43.6 Å². The molecular formula is C15H21FN2O. The monoisotopic (exact) mass is 264 g/mol. The van der Waals surface area contributed by atoms with Crippen LogP contribution in [0.4, 0.5) is 4.39 Å². The predicted octanol–water partition coefficient (Wildman–Crippen LogP) is 2.13. The van der Waals surface area contributed by atoms with Gasteiger partial charge in [0.25, 0.3) is 0 Å². The van der Waals surface area contributed by atoms with Crippen LogP contribution < -0.4 is 0 Å². The summed E-state index contributed by atoms with van der Waals surface area (Å²) in [5, 5.41) is 0. The molecule has 1 aromatic rings. The fourth-order valence-electron chi connectivity index (χ4n) is 2.60. The highest BCUT2D eigenvalue weighted by Gasteiger charge is 2.25. The molecule has 0 unspecified atom stereocenters. The van der Waals surface area contributed by atoms with Gasteiger partial charge in [0.15, 0.2) is 0 Å². The van der Waals surface area contributed by atoms with Crippen LogP contribution in [-0.4, -0.2) is 42.9 Å². The van der Waals surface area contributed by atoms with Crippen LogP contribution in [0.1, 0.15) is 18.4 Å². The van der Waals surface area contributed by atoms with Crippen LogP contribution in [-0.2, 0) is 11.3 Å². The molecule has 0 aromatic heterocycles. The number of hydrogen-bond acceptors (Lipinski definition) is 2. The molecule has 1 amide bonds. The molecule has 1 aliphatic heterocycles. The number of rotatable bonds is 3. The minimum Gasteiger partial charge on any atom is -0.349 e. The number of carbonyl (C=O) groups is 1. The van der Waals surface area contributed by atoms with E-state index in [2.05, 4.69) is 4.90 Å². The fraction of sp³-hybridized carbons (Fsp3) is 0.533. The lowest BCUT2D eigenvalue weighted by molar-refractivity contribution is -0.134. The summed E-state index contributed by atoms with van der Waals surface area (Å²) in [7, 11) is 3.61. The normalized spacial score (nSPS) is 17.4. The number of carbonyl (C=O) groups excluding carboxylic acids is 1. The van der Waals surface area contributed by atoms with E-state index in [0.29, 0.717) is 0 Å². The first-order valence-corrected chi connectivity index (χ1v) is 6.74. The van der Waals surface area contributed by atoms with Gasteiger partial charge >= 0.3 is 0 Å². The Bertz CT molecular complexity index is 440. The summed E-state index contributed by atoms with van der Waals surface area (Å²) in [5.74, 6) is 0.194. The van der Waals surface area contributed by atoms with E-state index in [9.17, 15) is 9.18 Å². The van der Waals surface area contributed by atoms with Gasteiger partial charge in [-0.1, -0.05) is 12.1 Å². The molecule has 0 radical (unpaired) electrons. The second-order valence-corrected chi connectivity index (χ2v) is 5.41. The highest BCUT2D eigenvalue weighted by molar-refractivity contribution is 5.78. The Kier molecular flexibility index (Phi) is 4.53. The van der Waals surface area contributed by atoms with Crippen molar-refractivity contribution in [1.82, 2.24) is 9.80 Å². The van der Waals surface area contributed by atoms with Crippen molar-refractivity contribution in [3.8, 4) is 0 Å². The Morgan fingerprint density at radius 2 is 2.05 bits per heavy atom. The topological polar surface area (TPSA) is 23.6 Å². The van der Waals surface area contributed by atoms with Crippen molar-refractivity contribution >= 4 is 5.91 Å². The second kappa shape index (κ2) is 6.15. The summed E-state index contributed by atoms with van der Waals surface area (Å²) in [6.45, 7) is 2.57. The van der Waals surface area contributed by atoms with Gasteiger partial charge in [0, 0.05) is 26.6 Å². The van der Waals surface area contributed by atoms with Gasteiger partial charge in [0.2, 0.25) is 5.91 Å². The number of halogens is 1. The lowest BCUT2D eigenvalue weighted by Crippen LogP contribution is -2.39. The van der Waals surface area contributed by atoms with Gasteiger partial charge in [-0.25, -0.2) is 4.39 Å². The first-order chi connectivity index (χ1) is 9.06. The van der Waals surface area contributed by atoms with Crippen molar-refractivity contribution in [2.75, 3.05) is 27.2 Å². The van der Waals surface area contributed by atoms with Gasteiger partial charge in [0.1, 0.15) is 5.82 Å². The second-order valence-electron chi connectivity index (χ2n) is 5.41. The standard InChI is InChI=1S/C15H21FN2O/c1-17(2)15(19)13-6-8-18(9-7-13)11-12-4-3-5-14(16)10-12/h3-5,10,13H,6-9,11H2,1-2H3. The quantitative estimate of drug-likeness (QED) is 0.835. The van der Waals surface area contributed by atoms with Crippen LogP contribution in [0.15, 0.2) is 24.3 Å². The zero-order valence-corrected chi connectivity index (χ0v) is 11.6. The lowest BCUT2D eigenvalue weighted by Gasteiger charge is -2.32. The Morgan fingerprint density at radius 3 is 2.63 bits per heavy atom. The van der Waals surface area contributed by atoms with Crippen molar-refractivity contribution in [2.45, 2.75) is 19.4 Å². The van der Waals surface area contributed by atoms with Crippen LogP contribution >= 0.6 is 0 Å². The van der Waals surface area contributed by atoms with Gasteiger partial charge in [-0.15, -0.1) is 0 Å². The van der Waals surface area contributed by atoms with Crippen LogP contribution in [0.2, 0.25) is 0 Å². The zero-order chi connectivity index (χ0) is 13.8. The summed E-state index contributed by atoms with van der Waals surface area (Å²) >= 11 is 0. The molecule has 4 heteroatoms. The van der Waals surface area contributed by atoms with Crippen molar-refractivity contribution in [1.29, 1.82) is 0 Å². The maximum atomic E-state index is 13.1. The molecule has 1 fully saturated rings. The number of likely N-dealkylation sites (tertiary alicyclic amines) is 1. The van der Waals surface area contributed by atoms with Crippen molar-refractivity contribution in [3.63, 3.8) is 0 Å². The third kappa shape index (κ3) is 3.77. The summed E-state index contributed by atoms with van der Waals surface area (Å²) in [6.07, 6.45) is 1.79. The molecule has 0 N–H and O–H groups in total. The average molecular weight is 264 g/mol. The van der Waals surface area contributed by atoms with E-state index in [1.54, 1.807) is 31.1 Å². The number of nitrogens with zero attached hydrogens (tertiary/aromatic N) is 2. The molecule has 2 rings (SSSR count). The summed E-state index contributed by atoms with van der Waals surface area (Å²) in [6, 6.07) is 6.73. The Balaban J connectivity index is 1.85. The maximum Gasteiger partial charge on any atom is 0.225 e. The largest absolute Gasteiger partial charge is 0.349 e. The zero-order valence-electron chi connectivity index (χ0n) is 11.6. The minimum atomic E-state index is -0.185. The summed E-state index contributed by atoms with van der Waals surface area (Å²) in [4.78, 5) is 15.8. The van der Waals surface area contributed by atoms with Gasteiger partial charge in [0.05, 0.1) is 0 Å². The first kappa shape index (κ1) is 14.0. The molecule has 3 nitrogen and oxygen atoms in total. The number of hydrogen-bond donors (Lipinski definition) is 0. The molecule has 19 heavy (non-hydrogen) atoms. The van der Waals surface area contributed by atoms with Crippen molar-refractivity contribution in [3.05, 3.63) is 35.6 Å². The molecule has 104 valence electrons. The molecule has 0 saturated carbocycles. The average Bonchev–Trinajstić information content (AvgIpc) is 2.39. The van der Waals surface area contributed by atoms with Crippen LogP contribution in [0.3, 0.4) is 0 Å². The molecule has 0 atom stereocenters. The van der Waals surface area contributed by atoms with Crippen LogP contribution in [0, 0.1) is 11.7 Å². The third-order valence-corrected chi connectivity index (χ3v) is 3.67. The SMILES string of the molecule is CN(C)C(=O)C1CCN(Cc2cccc(F)c2)CC1. The van der Waals surface area contributed by atoms with E-state index in [0.717, 1.165) is 38.0 Å². The molecule has 1 aliphatic rings. The number of benzene rings is 1. The lowest BCUT2D eigenvalue weighted by atomic mass is 9.95. The van der Waals surface area contributed by atoms with Crippen molar-refractivity contribution < 1.29 is 9.18 Å². The van der Waals surface area contributed by atoms with Crippen LogP contribution in [0.5, 0.6) is 0 Å². The molecule has 1 aromatic carbocycles. The molecule has 1 heterocycles. The van der Waals surface area contributed by atoms with Crippen LogP contribution in [0.25, 0.3) is 0 Å².